The van der Waals surface area contributed by atoms with E-state index in [0.717, 1.165) is 24.4 Å². The maximum atomic E-state index is 12.0. The molecule has 1 aromatic heterocycles. The van der Waals surface area contributed by atoms with Crippen LogP contribution in [-0.2, 0) is 24.2 Å². The number of rotatable bonds is 7. The number of hydrogen-bond donors (Lipinski definition) is 0. The predicted octanol–water partition coefficient (Wildman–Crippen LogP) is 3.31. The molecule has 0 aliphatic carbocycles. The van der Waals surface area contributed by atoms with Gasteiger partial charge in [0.15, 0.2) is 5.78 Å². The van der Waals surface area contributed by atoms with Gasteiger partial charge in [0.1, 0.15) is 12.4 Å². The van der Waals surface area contributed by atoms with E-state index in [0.29, 0.717) is 17.2 Å². The molecule has 5 heteroatoms. The van der Waals surface area contributed by atoms with E-state index >= 15 is 0 Å². The van der Waals surface area contributed by atoms with Crippen LogP contribution < -0.4 is 4.74 Å². The number of ketones is 1. The van der Waals surface area contributed by atoms with Gasteiger partial charge in [-0.05, 0) is 37.6 Å². The Morgan fingerprint density at radius 3 is 2.81 bits per heavy atom. The number of halogens is 1. The van der Waals surface area contributed by atoms with Gasteiger partial charge >= 0.3 is 0 Å². The molecule has 0 radical (unpaired) electrons. The van der Waals surface area contributed by atoms with Crippen molar-refractivity contribution in [3.63, 3.8) is 0 Å². The number of aryl methyl sites for hydroxylation is 2. The summed E-state index contributed by atoms with van der Waals surface area (Å²) in [6.07, 6.45) is 1.20. The summed E-state index contributed by atoms with van der Waals surface area (Å²) >= 11 is 5.87. The molecule has 0 atom stereocenters. The van der Waals surface area contributed by atoms with E-state index in [2.05, 4.69) is 12.0 Å². The first kappa shape index (κ1) is 15.6. The summed E-state index contributed by atoms with van der Waals surface area (Å²) in [5.74, 6) is 0.626. The lowest BCUT2D eigenvalue weighted by atomic mass is 10.2. The van der Waals surface area contributed by atoms with Crippen molar-refractivity contribution in [3.8, 4) is 5.75 Å². The van der Waals surface area contributed by atoms with Crippen molar-refractivity contribution in [1.29, 1.82) is 0 Å². The van der Waals surface area contributed by atoms with Crippen LogP contribution in [0.4, 0.5) is 0 Å². The second kappa shape index (κ2) is 7.27. The first-order chi connectivity index (χ1) is 10.1. The van der Waals surface area contributed by atoms with Crippen molar-refractivity contribution in [1.82, 2.24) is 9.78 Å². The predicted molar refractivity (Wildman–Crippen MR) is 82.9 cm³/mol. The Morgan fingerprint density at radius 2 is 2.14 bits per heavy atom. The van der Waals surface area contributed by atoms with E-state index in [1.54, 1.807) is 24.3 Å². The van der Waals surface area contributed by atoms with Crippen LogP contribution in [0.2, 0.25) is 5.02 Å². The van der Waals surface area contributed by atoms with Crippen LogP contribution in [0.25, 0.3) is 0 Å². The molecular weight excluding hydrogens is 288 g/mol. The Morgan fingerprint density at radius 1 is 1.33 bits per heavy atom. The molecule has 4 nitrogen and oxygen atoms in total. The summed E-state index contributed by atoms with van der Waals surface area (Å²) in [6, 6.07) is 9.02. The zero-order chi connectivity index (χ0) is 15.2. The Hall–Kier alpha value is -1.81. The van der Waals surface area contributed by atoms with Gasteiger partial charge in [-0.1, -0.05) is 24.6 Å². The number of aromatic nitrogens is 2. The molecule has 0 amide bonds. The summed E-state index contributed by atoms with van der Waals surface area (Å²) in [4.78, 5) is 12.0. The van der Waals surface area contributed by atoms with E-state index < -0.39 is 0 Å². The zero-order valence-electron chi connectivity index (χ0n) is 12.3. The van der Waals surface area contributed by atoms with Crippen molar-refractivity contribution in [2.45, 2.75) is 33.2 Å². The van der Waals surface area contributed by atoms with Crippen molar-refractivity contribution in [2.75, 3.05) is 6.61 Å². The van der Waals surface area contributed by atoms with Crippen LogP contribution in [0.15, 0.2) is 30.3 Å². The number of benzene rings is 1. The first-order valence-electron chi connectivity index (χ1n) is 7.08. The van der Waals surface area contributed by atoms with Gasteiger partial charge < -0.3 is 4.74 Å². The minimum Gasteiger partial charge on any atom is -0.486 e. The van der Waals surface area contributed by atoms with Gasteiger partial charge in [0.2, 0.25) is 0 Å². The maximum absolute atomic E-state index is 12.0. The molecule has 0 unspecified atom stereocenters. The Balaban J connectivity index is 1.94. The monoisotopic (exact) mass is 306 g/mol. The standard InChI is InChI=1S/C16H19ClN2O2/c1-3-13-9-14(19(4-2)18-13)10-15(20)11-21-16-7-5-6-12(17)8-16/h5-9H,3-4,10-11H2,1-2H3. The molecule has 21 heavy (non-hydrogen) atoms. The molecule has 0 saturated heterocycles. The number of carbonyl (C=O) groups excluding carboxylic acids is 1. The lowest BCUT2D eigenvalue weighted by Crippen LogP contribution is -2.16. The lowest BCUT2D eigenvalue weighted by molar-refractivity contribution is -0.120. The van der Waals surface area contributed by atoms with Crippen LogP contribution >= 0.6 is 11.6 Å². The smallest absolute Gasteiger partial charge is 0.176 e. The van der Waals surface area contributed by atoms with Gasteiger partial charge in [0.25, 0.3) is 0 Å². The highest BCUT2D eigenvalue weighted by atomic mass is 35.5. The largest absolute Gasteiger partial charge is 0.486 e. The third kappa shape index (κ3) is 4.33. The molecule has 0 bridgehead atoms. The molecule has 0 fully saturated rings. The molecule has 0 saturated carbocycles. The molecule has 1 heterocycles. The van der Waals surface area contributed by atoms with Gasteiger partial charge in [-0.15, -0.1) is 0 Å². The fraction of sp³-hybridized carbons (Fsp3) is 0.375. The molecule has 0 N–H and O–H groups in total. The molecule has 112 valence electrons. The fourth-order valence-corrected chi connectivity index (χ4v) is 2.26. The number of hydrogen-bond acceptors (Lipinski definition) is 3. The fourth-order valence-electron chi connectivity index (χ4n) is 2.08. The zero-order valence-corrected chi connectivity index (χ0v) is 13.1. The van der Waals surface area contributed by atoms with Gasteiger partial charge in [0.05, 0.1) is 12.1 Å². The number of nitrogens with zero attached hydrogens (tertiary/aromatic N) is 2. The van der Waals surface area contributed by atoms with Gasteiger partial charge in [0, 0.05) is 17.3 Å². The van der Waals surface area contributed by atoms with Crippen LogP contribution in [0.1, 0.15) is 25.2 Å². The topological polar surface area (TPSA) is 44.1 Å². The second-order valence-corrected chi connectivity index (χ2v) is 5.19. The molecule has 2 aromatic rings. The van der Waals surface area contributed by atoms with Crippen molar-refractivity contribution in [3.05, 3.63) is 46.7 Å². The molecule has 0 spiro atoms. The number of carbonyl (C=O) groups is 1. The highest BCUT2D eigenvalue weighted by Crippen LogP contribution is 2.17. The number of ether oxygens (including phenoxy) is 1. The third-order valence-corrected chi connectivity index (χ3v) is 3.38. The van der Waals surface area contributed by atoms with Crippen molar-refractivity contribution < 1.29 is 9.53 Å². The highest BCUT2D eigenvalue weighted by molar-refractivity contribution is 6.30. The second-order valence-electron chi connectivity index (χ2n) is 4.76. The van der Waals surface area contributed by atoms with Crippen LogP contribution in [0, 0.1) is 0 Å². The third-order valence-electron chi connectivity index (χ3n) is 3.15. The minimum absolute atomic E-state index is 0.0206. The number of Topliss-reactive ketones (excluding diaryl/α,β-unsaturated/α-hetero) is 1. The molecule has 0 aliphatic heterocycles. The average Bonchev–Trinajstić information content (AvgIpc) is 2.87. The SMILES string of the molecule is CCc1cc(CC(=O)COc2cccc(Cl)c2)n(CC)n1. The summed E-state index contributed by atoms with van der Waals surface area (Å²) in [5, 5.41) is 5.03. The van der Waals surface area contributed by atoms with Gasteiger partial charge in [-0.3, -0.25) is 9.48 Å². The maximum Gasteiger partial charge on any atom is 0.176 e. The van der Waals surface area contributed by atoms with E-state index in [4.69, 9.17) is 16.3 Å². The summed E-state index contributed by atoms with van der Waals surface area (Å²) < 4.78 is 7.33. The Kier molecular flexibility index (Phi) is 5.39. The van der Waals surface area contributed by atoms with Crippen molar-refractivity contribution in [2.24, 2.45) is 0 Å². The van der Waals surface area contributed by atoms with E-state index in [9.17, 15) is 4.79 Å². The van der Waals surface area contributed by atoms with Gasteiger partial charge in [-0.25, -0.2) is 0 Å². The molecule has 0 aliphatic rings. The van der Waals surface area contributed by atoms with Crippen LogP contribution in [0.5, 0.6) is 5.75 Å². The summed E-state index contributed by atoms with van der Waals surface area (Å²) in [7, 11) is 0. The van der Waals surface area contributed by atoms with Gasteiger partial charge in [-0.2, -0.15) is 5.10 Å². The highest BCUT2D eigenvalue weighted by Gasteiger charge is 2.11. The van der Waals surface area contributed by atoms with E-state index in [-0.39, 0.29) is 12.4 Å². The quantitative estimate of drug-likeness (QED) is 0.788. The molecule has 2 rings (SSSR count). The van der Waals surface area contributed by atoms with Crippen LogP contribution in [0.3, 0.4) is 0 Å². The minimum atomic E-state index is 0.0206. The molecule has 1 aromatic carbocycles. The normalized spacial score (nSPS) is 10.6. The molecular formula is C16H19ClN2O2. The first-order valence-corrected chi connectivity index (χ1v) is 7.45. The van der Waals surface area contributed by atoms with Crippen LogP contribution in [-0.4, -0.2) is 22.2 Å². The lowest BCUT2D eigenvalue weighted by Gasteiger charge is -2.07. The van der Waals surface area contributed by atoms with Crippen molar-refractivity contribution >= 4 is 17.4 Å². The van der Waals surface area contributed by atoms with E-state index in [1.165, 1.54) is 0 Å². The Labute approximate surface area is 129 Å². The Bertz CT molecular complexity index is 622. The average molecular weight is 307 g/mol. The summed E-state index contributed by atoms with van der Waals surface area (Å²) in [5.41, 5.74) is 1.95. The van der Waals surface area contributed by atoms with E-state index in [1.807, 2.05) is 17.7 Å². The summed E-state index contributed by atoms with van der Waals surface area (Å²) in [6.45, 7) is 4.87.